The predicted molar refractivity (Wildman–Crippen MR) is 103 cm³/mol. The molecular formula is C19H24N2O3S. The molecule has 134 valence electrons. The van der Waals surface area contributed by atoms with Gasteiger partial charge in [0.1, 0.15) is 6.54 Å². The maximum Gasteiger partial charge on any atom is 0.245 e. The second-order valence-corrected chi connectivity index (χ2v) is 8.25. The Labute approximate surface area is 149 Å². The minimum absolute atomic E-state index is 0.246. The standard InChI is InChI=1S/C19H24N2O3S/c1-14(2)17-12-8-9-15(3)19(17)20-18(22)13-21(25(4,23)24)16-10-6-5-7-11-16/h5-12,14H,13H2,1-4H3,(H,20,22). The molecular weight excluding hydrogens is 336 g/mol. The van der Waals surface area contributed by atoms with Crippen molar-refractivity contribution in [2.75, 3.05) is 22.4 Å². The number of anilines is 2. The number of carbonyl (C=O) groups is 1. The van der Waals surface area contributed by atoms with Crippen LogP contribution in [0.1, 0.15) is 30.9 Å². The molecule has 0 heterocycles. The smallest absolute Gasteiger partial charge is 0.245 e. The van der Waals surface area contributed by atoms with E-state index in [0.29, 0.717) is 5.69 Å². The number of sulfonamides is 1. The molecule has 5 nitrogen and oxygen atoms in total. The van der Waals surface area contributed by atoms with Gasteiger partial charge in [0.2, 0.25) is 15.9 Å². The normalized spacial score (nSPS) is 11.4. The van der Waals surface area contributed by atoms with E-state index in [2.05, 4.69) is 19.2 Å². The molecule has 0 atom stereocenters. The van der Waals surface area contributed by atoms with E-state index in [1.807, 2.05) is 25.1 Å². The van der Waals surface area contributed by atoms with Crippen LogP contribution >= 0.6 is 0 Å². The Morgan fingerprint density at radius 2 is 1.72 bits per heavy atom. The number of para-hydroxylation sites is 2. The zero-order valence-electron chi connectivity index (χ0n) is 15.0. The van der Waals surface area contributed by atoms with Gasteiger partial charge in [0.25, 0.3) is 0 Å². The molecule has 0 aromatic heterocycles. The van der Waals surface area contributed by atoms with Crippen molar-refractivity contribution >= 4 is 27.3 Å². The van der Waals surface area contributed by atoms with E-state index in [0.717, 1.165) is 27.4 Å². The summed E-state index contributed by atoms with van der Waals surface area (Å²) in [6.07, 6.45) is 1.10. The summed E-state index contributed by atoms with van der Waals surface area (Å²) in [5.41, 5.74) is 3.20. The lowest BCUT2D eigenvalue weighted by atomic mass is 9.98. The first kappa shape index (κ1) is 19.0. The molecule has 2 aromatic carbocycles. The first-order valence-corrected chi connectivity index (χ1v) is 9.97. The van der Waals surface area contributed by atoms with Crippen molar-refractivity contribution in [2.45, 2.75) is 26.7 Å². The first-order chi connectivity index (χ1) is 11.7. The fraction of sp³-hybridized carbons (Fsp3) is 0.316. The van der Waals surface area contributed by atoms with E-state index in [1.165, 1.54) is 0 Å². The lowest BCUT2D eigenvalue weighted by molar-refractivity contribution is -0.114. The van der Waals surface area contributed by atoms with Crippen LogP contribution in [0.15, 0.2) is 48.5 Å². The van der Waals surface area contributed by atoms with Gasteiger partial charge in [0.05, 0.1) is 11.9 Å². The van der Waals surface area contributed by atoms with Gasteiger partial charge < -0.3 is 5.32 Å². The van der Waals surface area contributed by atoms with Crippen molar-refractivity contribution in [1.29, 1.82) is 0 Å². The number of amides is 1. The number of rotatable bonds is 6. The van der Waals surface area contributed by atoms with Crippen molar-refractivity contribution in [3.63, 3.8) is 0 Å². The fourth-order valence-corrected chi connectivity index (χ4v) is 3.50. The molecule has 0 bridgehead atoms. The Balaban J connectivity index is 2.27. The molecule has 0 radical (unpaired) electrons. The third kappa shape index (κ3) is 4.82. The van der Waals surface area contributed by atoms with E-state index >= 15 is 0 Å². The average molecular weight is 360 g/mol. The van der Waals surface area contributed by atoms with Crippen molar-refractivity contribution in [3.8, 4) is 0 Å². The highest BCUT2D eigenvalue weighted by Gasteiger charge is 2.21. The molecule has 6 heteroatoms. The highest BCUT2D eigenvalue weighted by Crippen LogP contribution is 2.27. The number of nitrogens with zero attached hydrogens (tertiary/aromatic N) is 1. The number of carbonyl (C=O) groups excluding carboxylic acids is 1. The van der Waals surface area contributed by atoms with E-state index in [-0.39, 0.29) is 18.4 Å². The molecule has 0 spiro atoms. The number of aryl methyl sites for hydroxylation is 1. The maximum absolute atomic E-state index is 12.6. The van der Waals surface area contributed by atoms with E-state index in [9.17, 15) is 13.2 Å². The quantitative estimate of drug-likeness (QED) is 0.857. The van der Waals surface area contributed by atoms with E-state index in [1.54, 1.807) is 30.3 Å². The summed E-state index contributed by atoms with van der Waals surface area (Å²) < 4.78 is 25.3. The Hall–Kier alpha value is -2.34. The van der Waals surface area contributed by atoms with E-state index < -0.39 is 10.0 Å². The van der Waals surface area contributed by atoms with Crippen LogP contribution in [0, 0.1) is 6.92 Å². The third-order valence-corrected chi connectivity index (χ3v) is 5.06. The zero-order chi connectivity index (χ0) is 18.6. The van der Waals surface area contributed by atoms with Crippen LogP contribution in [-0.2, 0) is 14.8 Å². The van der Waals surface area contributed by atoms with Gasteiger partial charge in [-0.05, 0) is 36.1 Å². The first-order valence-electron chi connectivity index (χ1n) is 8.12. The Morgan fingerprint density at radius 1 is 1.08 bits per heavy atom. The predicted octanol–water partition coefficient (Wildman–Crippen LogP) is 3.52. The molecule has 0 saturated carbocycles. The lowest BCUT2D eigenvalue weighted by Crippen LogP contribution is -2.37. The summed E-state index contributed by atoms with van der Waals surface area (Å²) in [6.45, 7) is 5.76. The number of nitrogens with one attached hydrogen (secondary N) is 1. The number of benzene rings is 2. The molecule has 0 fully saturated rings. The third-order valence-electron chi connectivity index (χ3n) is 3.92. The van der Waals surface area contributed by atoms with Crippen molar-refractivity contribution < 1.29 is 13.2 Å². The van der Waals surface area contributed by atoms with Crippen LogP contribution in [0.3, 0.4) is 0 Å². The average Bonchev–Trinajstić information content (AvgIpc) is 2.54. The van der Waals surface area contributed by atoms with Gasteiger partial charge in [-0.15, -0.1) is 0 Å². The van der Waals surface area contributed by atoms with Crippen molar-refractivity contribution in [2.24, 2.45) is 0 Å². The molecule has 0 saturated heterocycles. The molecule has 2 rings (SSSR count). The topological polar surface area (TPSA) is 66.5 Å². The molecule has 0 aliphatic carbocycles. The van der Waals surface area contributed by atoms with Crippen LogP contribution < -0.4 is 9.62 Å². The monoisotopic (exact) mass is 360 g/mol. The summed E-state index contributed by atoms with van der Waals surface area (Å²) in [5, 5.41) is 2.89. The highest BCUT2D eigenvalue weighted by molar-refractivity contribution is 7.92. The van der Waals surface area contributed by atoms with Crippen LogP contribution in [-0.4, -0.2) is 27.1 Å². The molecule has 1 amide bonds. The van der Waals surface area contributed by atoms with Gasteiger partial charge in [-0.3, -0.25) is 9.10 Å². The summed E-state index contributed by atoms with van der Waals surface area (Å²) in [5.74, 6) is -0.124. The van der Waals surface area contributed by atoms with Gasteiger partial charge in [-0.25, -0.2) is 8.42 Å². The van der Waals surface area contributed by atoms with Crippen LogP contribution in [0.5, 0.6) is 0 Å². The molecule has 2 aromatic rings. The minimum atomic E-state index is -3.57. The van der Waals surface area contributed by atoms with Gasteiger partial charge in [-0.2, -0.15) is 0 Å². The highest BCUT2D eigenvalue weighted by atomic mass is 32.2. The summed E-state index contributed by atoms with van der Waals surface area (Å²) in [6, 6.07) is 14.5. The largest absolute Gasteiger partial charge is 0.324 e. The summed E-state index contributed by atoms with van der Waals surface area (Å²) >= 11 is 0. The number of hydrogen-bond acceptors (Lipinski definition) is 3. The van der Waals surface area contributed by atoms with E-state index in [4.69, 9.17) is 0 Å². The second-order valence-electron chi connectivity index (χ2n) is 6.35. The number of hydrogen-bond donors (Lipinski definition) is 1. The Kier molecular flexibility index (Phi) is 5.85. The molecule has 25 heavy (non-hydrogen) atoms. The Morgan fingerprint density at radius 3 is 2.28 bits per heavy atom. The maximum atomic E-state index is 12.6. The molecule has 1 N–H and O–H groups in total. The molecule has 0 aliphatic rings. The van der Waals surface area contributed by atoms with Crippen molar-refractivity contribution in [3.05, 3.63) is 59.7 Å². The zero-order valence-corrected chi connectivity index (χ0v) is 15.8. The summed E-state index contributed by atoms with van der Waals surface area (Å²) in [4.78, 5) is 12.6. The van der Waals surface area contributed by atoms with Crippen LogP contribution in [0.2, 0.25) is 0 Å². The van der Waals surface area contributed by atoms with Crippen LogP contribution in [0.25, 0.3) is 0 Å². The van der Waals surface area contributed by atoms with Crippen molar-refractivity contribution in [1.82, 2.24) is 0 Å². The SMILES string of the molecule is Cc1cccc(C(C)C)c1NC(=O)CN(c1ccccc1)S(C)(=O)=O. The minimum Gasteiger partial charge on any atom is -0.324 e. The Bertz CT molecular complexity index is 846. The van der Waals surface area contributed by atoms with Gasteiger partial charge in [-0.1, -0.05) is 50.2 Å². The second kappa shape index (κ2) is 7.70. The molecule has 0 unspecified atom stereocenters. The van der Waals surface area contributed by atoms with Gasteiger partial charge in [0.15, 0.2) is 0 Å². The van der Waals surface area contributed by atoms with Gasteiger partial charge in [0, 0.05) is 5.69 Å². The summed E-state index contributed by atoms with van der Waals surface area (Å²) in [7, 11) is -3.57. The van der Waals surface area contributed by atoms with Gasteiger partial charge >= 0.3 is 0 Å². The fourth-order valence-electron chi connectivity index (χ4n) is 2.65. The lowest BCUT2D eigenvalue weighted by Gasteiger charge is -2.23. The molecule has 0 aliphatic heterocycles. The van der Waals surface area contributed by atoms with Crippen LogP contribution in [0.4, 0.5) is 11.4 Å².